The molecule has 7 heteroatoms. The van der Waals surface area contributed by atoms with Crippen LogP contribution >= 0.6 is 0 Å². The largest absolute Gasteiger partial charge is 0.393 e. The third-order valence-electron chi connectivity index (χ3n) is 14.3. The quantitative estimate of drug-likeness (QED) is 0.269. The van der Waals surface area contributed by atoms with Crippen molar-refractivity contribution >= 4 is 17.1 Å². The highest BCUT2D eigenvalue weighted by molar-refractivity contribution is 5.91. The lowest BCUT2D eigenvalue weighted by Gasteiger charge is -2.70. The van der Waals surface area contributed by atoms with E-state index in [2.05, 4.69) is 60.8 Å². The number of fused-ring (bicyclic) bond motifs is 5. The van der Waals surface area contributed by atoms with Crippen LogP contribution in [0, 0.1) is 55.4 Å². The van der Waals surface area contributed by atoms with Crippen molar-refractivity contribution < 1.29 is 14.8 Å². The number of aliphatic hydroxyl groups excluding tert-OH is 1. The van der Waals surface area contributed by atoms with Crippen molar-refractivity contribution in [2.24, 2.45) is 50.4 Å². The van der Waals surface area contributed by atoms with Crippen LogP contribution in [0.3, 0.4) is 0 Å². The number of hydrogen-bond acceptors (Lipinski definition) is 6. The number of non-ortho nitro benzene ring substituents is 1. The smallest absolute Gasteiger partial charge is 0.271 e. The highest BCUT2D eigenvalue weighted by Gasteiger charge is 2.71. The van der Waals surface area contributed by atoms with Gasteiger partial charge < -0.3 is 9.84 Å². The maximum Gasteiger partial charge on any atom is 0.271 e. The summed E-state index contributed by atoms with van der Waals surface area (Å²) in [6, 6.07) is 6.58. The molecule has 9 atom stereocenters. The molecule has 0 amide bonds. The molecule has 0 bridgehead atoms. The maximum absolute atomic E-state index is 12.2. The van der Waals surface area contributed by atoms with Gasteiger partial charge in [0.2, 0.25) is 0 Å². The van der Waals surface area contributed by atoms with Crippen molar-refractivity contribution in [3.8, 4) is 0 Å². The number of nitrogens with zero attached hydrogens (tertiary/aromatic N) is 2. The zero-order valence-electron chi connectivity index (χ0n) is 27.8. The monoisotopic (exact) mass is 593 g/mol. The summed E-state index contributed by atoms with van der Waals surface area (Å²) in [4.78, 5) is 10.9. The first-order valence-electron chi connectivity index (χ1n) is 16.9. The van der Waals surface area contributed by atoms with E-state index in [9.17, 15) is 15.2 Å². The molecular weight excluding hydrogens is 538 g/mol. The average Bonchev–Trinajstić information content (AvgIpc) is 3.30. The Balaban J connectivity index is 1.27. The van der Waals surface area contributed by atoms with E-state index in [1.807, 2.05) is 6.07 Å². The molecular formula is C36H55N3O4. The van der Waals surface area contributed by atoms with Gasteiger partial charge in [-0.1, -0.05) is 40.7 Å². The lowest BCUT2D eigenvalue weighted by atomic mass is 9.35. The van der Waals surface area contributed by atoms with Crippen molar-refractivity contribution in [3.63, 3.8) is 0 Å². The SMILES string of the molecule is CC1(C)CCC[C@](C)([C@H]2CC[C@]3(C)[C@@H]2[C@H](O)C[C@@H]2[C@@]4(C)CC/C(=N\Nc5cccc([N+](=O)[O-])c5)C(C)(C)[C@@H]4CC[C@]23C)O1. The molecule has 4 aliphatic carbocycles. The summed E-state index contributed by atoms with van der Waals surface area (Å²) < 4.78 is 6.91. The van der Waals surface area contributed by atoms with E-state index in [0.717, 1.165) is 50.7 Å². The predicted molar refractivity (Wildman–Crippen MR) is 172 cm³/mol. The molecule has 43 heavy (non-hydrogen) atoms. The number of nitro benzene ring substituents is 1. The molecule has 2 N–H and O–H groups in total. The van der Waals surface area contributed by atoms with E-state index in [4.69, 9.17) is 9.84 Å². The first-order valence-corrected chi connectivity index (χ1v) is 16.9. The summed E-state index contributed by atoms with van der Waals surface area (Å²) in [6.07, 6.45) is 10.6. The third-order valence-corrected chi connectivity index (χ3v) is 14.3. The number of hydrogen-bond donors (Lipinski definition) is 2. The van der Waals surface area contributed by atoms with Crippen molar-refractivity contribution in [1.29, 1.82) is 0 Å². The van der Waals surface area contributed by atoms with Gasteiger partial charge in [-0.25, -0.2) is 0 Å². The molecule has 6 rings (SSSR count). The van der Waals surface area contributed by atoms with Crippen LogP contribution in [0.25, 0.3) is 0 Å². The van der Waals surface area contributed by atoms with Gasteiger partial charge in [0, 0.05) is 23.3 Å². The van der Waals surface area contributed by atoms with Crippen LogP contribution in [0.2, 0.25) is 0 Å². The second kappa shape index (κ2) is 10.0. The van der Waals surface area contributed by atoms with Gasteiger partial charge in [0.25, 0.3) is 5.69 Å². The zero-order valence-corrected chi connectivity index (χ0v) is 27.8. The standard InChI is InChI=1S/C36H55N3O4/c1-31(2)16-10-17-36(8,43-31)25-13-19-35(7)30(25)26(40)22-28-33(5)18-15-29(32(3,4)27(33)14-20-34(28,35)6)38-37-23-11-9-12-24(21-23)39(41)42/h9,11-12,21,25-28,30,37,40H,10,13-20,22H2,1-8H3/b38-29+/t25-,26+,27-,28+,30-,33-,34+,35+,36+/m0/s1. The minimum atomic E-state index is -0.368. The lowest BCUT2D eigenvalue weighted by molar-refractivity contribution is -0.384. The summed E-state index contributed by atoms with van der Waals surface area (Å²) >= 11 is 0. The highest BCUT2D eigenvalue weighted by Crippen LogP contribution is 2.76. The van der Waals surface area contributed by atoms with E-state index < -0.39 is 0 Å². The fourth-order valence-electron chi connectivity index (χ4n) is 12.1. The number of hydrazone groups is 1. The van der Waals surface area contributed by atoms with Crippen LogP contribution < -0.4 is 5.43 Å². The molecule has 0 aromatic heterocycles. The van der Waals surface area contributed by atoms with Gasteiger partial charge >= 0.3 is 0 Å². The lowest BCUT2D eigenvalue weighted by Crippen LogP contribution is -2.66. The zero-order chi connectivity index (χ0) is 31.2. The van der Waals surface area contributed by atoms with E-state index in [-0.39, 0.29) is 55.5 Å². The van der Waals surface area contributed by atoms with Gasteiger partial charge in [-0.05, 0) is 131 Å². The molecule has 1 aromatic carbocycles. The fraction of sp³-hybridized carbons (Fsp3) is 0.806. The van der Waals surface area contributed by atoms with Gasteiger partial charge in [-0.3, -0.25) is 15.5 Å². The minimum absolute atomic E-state index is 0.0665. The average molecular weight is 594 g/mol. The van der Waals surface area contributed by atoms with Gasteiger partial charge in [0.15, 0.2) is 0 Å². The second-order valence-electron chi connectivity index (χ2n) is 17.2. The Labute approximate surface area is 258 Å². The molecule has 0 unspecified atom stereocenters. The molecule has 5 aliphatic rings. The van der Waals surface area contributed by atoms with Crippen LogP contribution in [0.1, 0.15) is 120 Å². The number of aliphatic hydroxyl groups is 1. The molecule has 0 spiro atoms. The summed E-state index contributed by atoms with van der Waals surface area (Å²) in [7, 11) is 0. The summed E-state index contributed by atoms with van der Waals surface area (Å²) in [5.74, 6) is 1.59. The molecule has 4 saturated carbocycles. The number of anilines is 1. The van der Waals surface area contributed by atoms with Gasteiger partial charge in [-0.2, -0.15) is 5.10 Å². The molecule has 0 radical (unpaired) electrons. The van der Waals surface area contributed by atoms with Gasteiger partial charge in [0.1, 0.15) is 0 Å². The predicted octanol–water partition coefficient (Wildman–Crippen LogP) is 8.76. The Morgan fingerprint density at radius 3 is 2.37 bits per heavy atom. The van der Waals surface area contributed by atoms with Crippen molar-refractivity contribution in [1.82, 2.24) is 0 Å². The summed E-state index contributed by atoms with van der Waals surface area (Å²) in [6.45, 7) is 19.2. The van der Waals surface area contributed by atoms with Crippen molar-refractivity contribution in [2.75, 3.05) is 5.43 Å². The third kappa shape index (κ3) is 4.61. The Morgan fingerprint density at radius 2 is 1.67 bits per heavy atom. The summed E-state index contributed by atoms with van der Waals surface area (Å²) in [5, 5.41) is 28.3. The fourth-order valence-corrected chi connectivity index (χ4v) is 12.1. The molecule has 7 nitrogen and oxygen atoms in total. The van der Waals surface area contributed by atoms with Crippen LogP contribution in [-0.4, -0.2) is 33.0 Å². The van der Waals surface area contributed by atoms with Crippen LogP contribution in [0.4, 0.5) is 11.4 Å². The number of benzene rings is 1. The molecule has 1 aromatic rings. The number of nitrogens with one attached hydrogen (secondary N) is 1. The van der Waals surface area contributed by atoms with Crippen LogP contribution in [0.5, 0.6) is 0 Å². The Bertz CT molecular complexity index is 1310. The molecule has 1 aliphatic heterocycles. The van der Waals surface area contributed by atoms with Gasteiger partial charge in [0.05, 0.1) is 27.9 Å². The Kier molecular flexibility index (Phi) is 7.22. The van der Waals surface area contributed by atoms with E-state index in [1.54, 1.807) is 12.1 Å². The highest BCUT2D eigenvalue weighted by atomic mass is 16.6. The minimum Gasteiger partial charge on any atom is -0.393 e. The van der Waals surface area contributed by atoms with E-state index >= 15 is 0 Å². The molecule has 1 heterocycles. The number of nitro groups is 1. The Morgan fingerprint density at radius 1 is 0.953 bits per heavy atom. The molecule has 5 fully saturated rings. The first-order chi connectivity index (χ1) is 20.0. The number of rotatable bonds is 4. The van der Waals surface area contributed by atoms with E-state index in [1.165, 1.54) is 25.3 Å². The van der Waals surface area contributed by atoms with E-state index in [0.29, 0.717) is 23.4 Å². The van der Waals surface area contributed by atoms with Gasteiger partial charge in [-0.15, -0.1) is 0 Å². The van der Waals surface area contributed by atoms with Crippen molar-refractivity contribution in [2.45, 2.75) is 137 Å². The normalized spacial score (nSPS) is 46.0. The summed E-state index contributed by atoms with van der Waals surface area (Å²) in [5.41, 5.74) is 5.01. The van der Waals surface area contributed by atoms with Crippen molar-refractivity contribution in [3.05, 3.63) is 34.4 Å². The first kappa shape index (κ1) is 31.0. The second-order valence-corrected chi connectivity index (χ2v) is 17.2. The van der Waals surface area contributed by atoms with Crippen LogP contribution in [-0.2, 0) is 4.74 Å². The molecule has 238 valence electrons. The Hall–Kier alpha value is -1.99. The number of ether oxygens (including phenoxy) is 1. The topological polar surface area (TPSA) is 97.0 Å². The van der Waals surface area contributed by atoms with Crippen LogP contribution in [0.15, 0.2) is 29.4 Å². The maximum atomic E-state index is 12.2. The molecule has 1 saturated heterocycles.